The summed E-state index contributed by atoms with van der Waals surface area (Å²) in [6, 6.07) is 6.14. The molecule has 1 aromatic carbocycles. The molecule has 1 saturated heterocycles. The van der Waals surface area contributed by atoms with E-state index in [0.717, 1.165) is 29.7 Å². The highest BCUT2D eigenvalue weighted by atomic mass is 127. The van der Waals surface area contributed by atoms with Crippen molar-refractivity contribution in [1.29, 1.82) is 0 Å². The molecule has 1 aromatic heterocycles. The Morgan fingerprint density at radius 1 is 1.35 bits per heavy atom. The van der Waals surface area contributed by atoms with Crippen molar-refractivity contribution in [3.8, 4) is 0 Å². The maximum Gasteiger partial charge on any atom is 0.140 e. The van der Waals surface area contributed by atoms with Crippen LogP contribution in [0.15, 0.2) is 24.5 Å². The Balaban J connectivity index is 2.12. The topological polar surface area (TPSA) is 49.2 Å². The standard InChI is InChI=1S/C12H12IN3O/c13-8-1-2-11-10(5-8)12(15-7-14-11)16-4-3-9(17)6-16/h1-2,5,7,9,17H,3-4,6H2/t9-/m1/s1. The number of rotatable bonds is 1. The van der Waals surface area contributed by atoms with Gasteiger partial charge in [-0.15, -0.1) is 0 Å². The van der Waals surface area contributed by atoms with Gasteiger partial charge in [-0.1, -0.05) is 0 Å². The molecule has 1 N–H and O–H groups in total. The molecule has 0 amide bonds. The Bertz CT molecular complexity index is 560. The van der Waals surface area contributed by atoms with Gasteiger partial charge in [0.1, 0.15) is 12.1 Å². The lowest BCUT2D eigenvalue weighted by molar-refractivity contribution is 0.198. The highest BCUT2D eigenvalue weighted by Gasteiger charge is 2.22. The maximum atomic E-state index is 9.60. The van der Waals surface area contributed by atoms with E-state index in [1.54, 1.807) is 6.33 Å². The molecule has 1 aliphatic heterocycles. The summed E-state index contributed by atoms with van der Waals surface area (Å²) in [6.45, 7) is 1.52. The Morgan fingerprint density at radius 3 is 3.00 bits per heavy atom. The van der Waals surface area contributed by atoms with Crippen molar-refractivity contribution in [2.75, 3.05) is 18.0 Å². The number of aliphatic hydroxyl groups is 1. The summed E-state index contributed by atoms with van der Waals surface area (Å²) in [5, 5.41) is 10.7. The number of hydrogen-bond donors (Lipinski definition) is 1. The summed E-state index contributed by atoms with van der Waals surface area (Å²) in [6.07, 6.45) is 2.17. The Hall–Kier alpha value is -0.950. The minimum atomic E-state index is -0.234. The zero-order valence-electron chi connectivity index (χ0n) is 9.17. The van der Waals surface area contributed by atoms with Gasteiger partial charge in [-0.3, -0.25) is 0 Å². The molecular weight excluding hydrogens is 329 g/mol. The molecule has 3 rings (SSSR count). The number of aliphatic hydroxyl groups excluding tert-OH is 1. The highest BCUT2D eigenvalue weighted by molar-refractivity contribution is 14.1. The first-order valence-electron chi connectivity index (χ1n) is 5.57. The van der Waals surface area contributed by atoms with Gasteiger partial charge in [0.15, 0.2) is 0 Å². The van der Waals surface area contributed by atoms with E-state index in [1.165, 1.54) is 3.57 Å². The number of aromatic nitrogens is 2. The van der Waals surface area contributed by atoms with Crippen molar-refractivity contribution in [1.82, 2.24) is 9.97 Å². The number of fused-ring (bicyclic) bond motifs is 1. The second kappa shape index (κ2) is 4.38. The van der Waals surface area contributed by atoms with E-state index in [2.05, 4.69) is 43.5 Å². The molecule has 2 aromatic rings. The summed E-state index contributed by atoms with van der Waals surface area (Å²) >= 11 is 2.29. The van der Waals surface area contributed by atoms with Crippen molar-refractivity contribution < 1.29 is 5.11 Å². The van der Waals surface area contributed by atoms with Crippen LogP contribution in [0.25, 0.3) is 10.9 Å². The highest BCUT2D eigenvalue weighted by Crippen LogP contribution is 2.27. The van der Waals surface area contributed by atoms with Gasteiger partial charge in [0.25, 0.3) is 0 Å². The Labute approximate surface area is 113 Å². The first-order valence-corrected chi connectivity index (χ1v) is 6.65. The predicted molar refractivity (Wildman–Crippen MR) is 75.1 cm³/mol. The van der Waals surface area contributed by atoms with E-state index in [9.17, 15) is 5.11 Å². The van der Waals surface area contributed by atoms with Crippen LogP contribution in [0, 0.1) is 3.57 Å². The van der Waals surface area contributed by atoms with Crippen LogP contribution in [0.1, 0.15) is 6.42 Å². The van der Waals surface area contributed by atoms with Gasteiger partial charge in [0, 0.05) is 22.0 Å². The lowest BCUT2D eigenvalue weighted by Gasteiger charge is -2.18. The van der Waals surface area contributed by atoms with Gasteiger partial charge in [-0.25, -0.2) is 9.97 Å². The van der Waals surface area contributed by atoms with Crippen LogP contribution in [-0.2, 0) is 0 Å². The quantitative estimate of drug-likeness (QED) is 0.804. The number of nitrogens with zero attached hydrogens (tertiary/aromatic N) is 3. The van der Waals surface area contributed by atoms with Crippen LogP contribution in [0.4, 0.5) is 5.82 Å². The monoisotopic (exact) mass is 341 g/mol. The molecule has 1 aliphatic rings. The van der Waals surface area contributed by atoms with E-state index in [0.29, 0.717) is 6.54 Å². The largest absolute Gasteiger partial charge is 0.391 e. The lowest BCUT2D eigenvalue weighted by atomic mass is 10.2. The molecule has 0 saturated carbocycles. The van der Waals surface area contributed by atoms with Crippen LogP contribution in [0.5, 0.6) is 0 Å². The van der Waals surface area contributed by atoms with Gasteiger partial charge in [-0.2, -0.15) is 0 Å². The van der Waals surface area contributed by atoms with Crippen molar-refractivity contribution >= 4 is 39.3 Å². The lowest BCUT2D eigenvalue weighted by Crippen LogP contribution is -2.22. The van der Waals surface area contributed by atoms with Gasteiger partial charge >= 0.3 is 0 Å². The van der Waals surface area contributed by atoms with Crippen LogP contribution in [0.2, 0.25) is 0 Å². The number of benzene rings is 1. The second-order valence-electron chi connectivity index (χ2n) is 4.25. The molecule has 0 unspecified atom stereocenters. The predicted octanol–water partition coefficient (Wildman–Crippen LogP) is 1.81. The molecule has 0 spiro atoms. The summed E-state index contributed by atoms with van der Waals surface area (Å²) in [5.41, 5.74) is 0.955. The number of β-amino-alcohol motifs (C(OH)–C–C–N with tert-alkyl or cyclic N) is 1. The minimum absolute atomic E-state index is 0.234. The fourth-order valence-electron chi connectivity index (χ4n) is 2.20. The average Bonchev–Trinajstić information content (AvgIpc) is 2.75. The molecule has 17 heavy (non-hydrogen) atoms. The molecule has 4 nitrogen and oxygen atoms in total. The number of halogens is 1. The van der Waals surface area contributed by atoms with E-state index < -0.39 is 0 Å². The van der Waals surface area contributed by atoms with Crippen LogP contribution in [0.3, 0.4) is 0 Å². The minimum Gasteiger partial charge on any atom is -0.391 e. The normalized spacial score (nSPS) is 20.1. The molecule has 0 bridgehead atoms. The SMILES string of the molecule is O[C@@H]1CCN(c2ncnc3ccc(I)cc23)C1. The molecule has 5 heteroatoms. The molecule has 1 fully saturated rings. The third-order valence-electron chi connectivity index (χ3n) is 3.04. The van der Waals surface area contributed by atoms with Crippen LogP contribution in [-0.4, -0.2) is 34.3 Å². The van der Waals surface area contributed by atoms with Gasteiger partial charge < -0.3 is 10.0 Å². The summed E-state index contributed by atoms with van der Waals surface area (Å²) in [5.74, 6) is 0.935. The molecule has 1 atom stereocenters. The first-order chi connectivity index (χ1) is 8.24. The van der Waals surface area contributed by atoms with Gasteiger partial charge in [0.2, 0.25) is 0 Å². The molecule has 0 radical (unpaired) electrons. The van der Waals surface area contributed by atoms with Crippen molar-refractivity contribution in [3.05, 3.63) is 28.1 Å². The van der Waals surface area contributed by atoms with E-state index >= 15 is 0 Å². The Kier molecular flexibility index (Phi) is 2.87. The fourth-order valence-corrected chi connectivity index (χ4v) is 2.69. The van der Waals surface area contributed by atoms with Gasteiger partial charge in [-0.05, 0) is 47.2 Å². The van der Waals surface area contributed by atoms with Gasteiger partial charge in [0.05, 0.1) is 11.6 Å². The summed E-state index contributed by atoms with van der Waals surface area (Å²) in [7, 11) is 0. The summed E-state index contributed by atoms with van der Waals surface area (Å²) in [4.78, 5) is 10.8. The fraction of sp³-hybridized carbons (Fsp3) is 0.333. The maximum absolute atomic E-state index is 9.60. The summed E-state index contributed by atoms with van der Waals surface area (Å²) < 4.78 is 1.17. The van der Waals surface area contributed by atoms with E-state index in [1.807, 2.05) is 12.1 Å². The van der Waals surface area contributed by atoms with E-state index in [4.69, 9.17) is 0 Å². The third kappa shape index (κ3) is 2.09. The zero-order chi connectivity index (χ0) is 11.8. The van der Waals surface area contributed by atoms with Crippen LogP contribution >= 0.6 is 22.6 Å². The van der Waals surface area contributed by atoms with Crippen LogP contribution < -0.4 is 4.90 Å². The van der Waals surface area contributed by atoms with Crippen molar-refractivity contribution in [3.63, 3.8) is 0 Å². The Morgan fingerprint density at radius 2 is 2.24 bits per heavy atom. The zero-order valence-corrected chi connectivity index (χ0v) is 11.3. The second-order valence-corrected chi connectivity index (χ2v) is 5.49. The number of hydrogen-bond acceptors (Lipinski definition) is 4. The third-order valence-corrected chi connectivity index (χ3v) is 3.71. The average molecular weight is 341 g/mol. The molecule has 2 heterocycles. The van der Waals surface area contributed by atoms with Crippen molar-refractivity contribution in [2.24, 2.45) is 0 Å². The van der Waals surface area contributed by atoms with Crippen molar-refractivity contribution in [2.45, 2.75) is 12.5 Å². The smallest absolute Gasteiger partial charge is 0.140 e. The molecule has 88 valence electrons. The molecule has 0 aliphatic carbocycles. The number of anilines is 1. The first kappa shape index (κ1) is 11.2. The van der Waals surface area contributed by atoms with E-state index in [-0.39, 0.29) is 6.10 Å². The molecular formula is C12H12IN3O.